The summed E-state index contributed by atoms with van der Waals surface area (Å²) in [7, 11) is 0. The summed E-state index contributed by atoms with van der Waals surface area (Å²) in [4.78, 5) is 25.1. The first kappa shape index (κ1) is 13.4. The summed E-state index contributed by atoms with van der Waals surface area (Å²) in [5.74, 6) is -0.203. The molecule has 0 spiro atoms. The van der Waals surface area contributed by atoms with Crippen molar-refractivity contribution in [1.29, 1.82) is 0 Å². The first-order chi connectivity index (χ1) is 8.58. The van der Waals surface area contributed by atoms with Crippen LogP contribution in [-0.2, 0) is 0 Å². The lowest BCUT2D eigenvalue weighted by Gasteiger charge is -2.25. The topological polar surface area (TPSA) is 46.2 Å². The summed E-state index contributed by atoms with van der Waals surface area (Å²) >= 11 is 3.36. The molecule has 2 rings (SSSR count). The fraction of sp³-hybridized carbons (Fsp3) is 0.429. The average Bonchev–Trinajstić information content (AvgIpc) is 2.59. The molecule has 0 fully saturated rings. The smallest absolute Gasteiger partial charge is 0.192 e. The lowest BCUT2D eigenvalue weighted by atomic mass is 9.90. The van der Waals surface area contributed by atoms with E-state index in [1.807, 2.05) is 13.8 Å². The number of hydrogen-bond donors (Lipinski definition) is 1. The van der Waals surface area contributed by atoms with Gasteiger partial charge in [0.25, 0.3) is 0 Å². The number of halogens is 1. The van der Waals surface area contributed by atoms with Gasteiger partial charge in [-0.1, -0.05) is 41.9 Å². The van der Waals surface area contributed by atoms with Crippen LogP contribution < -0.4 is 5.32 Å². The van der Waals surface area contributed by atoms with Gasteiger partial charge in [0, 0.05) is 15.6 Å². The van der Waals surface area contributed by atoms with Crippen molar-refractivity contribution in [1.82, 2.24) is 5.32 Å². The van der Waals surface area contributed by atoms with Gasteiger partial charge in [0.15, 0.2) is 11.6 Å². The number of carbonyl (C=O) groups excluding carboxylic acids is 2. The van der Waals surface area contributed by atoms with Crippen LogP contribution in [0, 0.1) is 0 Å². The Hall–Kier alpha value is -1.00. The highest BCUT2D eigenvalue weighted by atomic mass is 79.9. The van der Waals surface area contributed by atoms with E-state index >= 15 is 0 Å². The van der Waals surface area contributed by atoms with Crippen LogP contribution in [0.2, 0.25) is 0 Å². The van der Waals surface area contributed by atoms with E-state index in [1.165, 1.54) is 0 Å². The number of Topliss-reactive ketones (excluding diaryl/α,β-unsaturated/α-hetero) is 2. The Kier molecular flexibility index (Phi) is 3.69. The van der Waals surface area contributed by atoms with Gasteiger partial charge in [-0.15, -0.1) is 0 Å². The number of ketones is 2. The van der Waals surface area contributed by atoms with E-state index in [-0.39, 0.29) is 11.6 Å². The Morgan fingerprint density at radius 1 is 1.22 bits per heavy atom. The Balaban J connectivity index is 2.53. The molecule has 1 unspecified atom stereocenters. The van der Waals surface area contributed by atoms with Crippen molar-refractivity contribution in [2.24, 2.45) is 0 Å². The van der Waals surface area contributed by atoms with Crippen molar-refractivity contribution in [3.8, 4) is 0 Å². The monoisotopic (exact) mass is 309 g/mol. The molecule has 1 aliphatic carbocycles. The molecule has 0 aliphatic heterocycles. The molecule has 1 N–H and O–H groups in total. The Bertz CT molecular complexity index is 513. The molecule has 0 bridgehead atoms. The highest BCUT2D eigenvalue weighted by molar-refractivity contribution is 9.10. The SMILES string of the molecule is CCCNC1(CC)C(=O)c2cccc(Br)c2C1=O. The molecule has 0 aromatic heterocycles. The van der Waals surface area contributed by atoms with Crippen molar-refractivity contribution in [3.63, 3.8) is 0 Å². The number of benzene rings is 1. The normalized spacial score (nSPS) is 22.4. The predicted octanol–water partition coefficient (Wildman–Crippen LogP) is 2.98. The maximum Gasteiger partial charge on any atom is 0.192 e. The van der Waals surface area contributed by atoms with Gasteiger partial charge in [-0.3, -0.25) is 14.9 Å². The van der Waals surface area contributed by atoms with Gasteiger partial charge in [0.05, 0.1) is 0 Å². The third-order valence-electron chi connectivity index (χ3n) is 3.47. The van der Waals surface area contributed by atoms with Crippen LogP contribution in [0.1, 0.15) is 47.4 Å². The van der Waals surface area contributed by atoms with Crippen molar-refractivity contribution < 1.29 is 9.59 Å². The van der Waals surface area contributed by atoms with Crippen molar-refractivity contribution >= 4 is 27.5 Å². The first-order valence-electron chi connectivity index (χ1n) is 6.21. The van der Waals surface area contributed by atoms with E-state index in [2.05, 4.69) is 21.2 Å². The number of rotatable bonds is 4. The van der Waals surface area contributed by atoms with Gasteiger partial charge in [-0.2, -0.15) is 0 Å². The number of carbonyl (C=O) groups is 2. The van der Waals surface area contributed by atoms with Crippen LogP contribution in [0.15, 0.2) is 22.7 Å². The third-order valence-corrected chi connectivity index (χ3v) is 4.13. The highest BCUT2D eigenvalue weighted by Crippen LogP contribution is 2.36. The van der Waals surface area contributed by atoms with Gasteiger partial charge in [0.1, 0.15) is 5.54 Å². The summed E-state index contributed by atoms with van der Waals surface area (Å²) in [5, 5.41) is 3.15. The lowest BCUT2D eigenvalue weighted by Crippen LogP contribution is -2.54. The standard InChI is InChI=1S/C14H16BrNO2/c1-3-8-16-14(4-2)12(17)9-6-5-7-10(15)11(9)13(14)18/h5-7,16H,3-4,8H2,1-2H3. The molecule has 0 heterocycles. The molecular weight excluding hydrogens is 294 g/mol. The fourth-order valence-corrected chi connectivity index (χ4v) is 2.98. The molecule has 0 radical (unpaired) electrons. The van der Waals surface area contributed by atoms with Crippen LogP contribution in [0.3, 0.4) is 0 Å². The molecule has 0 saturated carbocycles. The molecule has 0 saturated heterocycles. The predicted molar refractivity (Wildman–Crippen MR) is 74.1 cm³/mol. The number of hydrogen-bond acceptors (Lipinski definition) is 3. The van der Waals surface area contributed by atoms with Crippen molar-refractivity contribution in [2.45, 2.75) is 32.2 Å². The van der Waals surface area contributed by atoms with E-state index in [4.69, 9.17) is 0 Å². The maximum atomic E-state index is 12.6. The van der Waals surface area contributed by atoms with Gasteiger partial charge >= 0.3 is 0 Å². The van der Waals surface area contributed by atoms with E-state index in [9.17, 15) is 9.59 Å². The second-order valence-electron chi connectivity index (χ2n) is 4.51. The van der Waals surface area contributed by atoms with Gasteiger partial charge in [-0.25, -0.2) is 0 Å². The molecule has 3 nitrogen and oxygen atoms in total. The summed E-state index contributed by atoms with van der Waals surface area (Å²) in [6.07, 6.45) is 1.37. The van der Waals surface area contributed by atoms with Crippen LogP contribution in [0.4, 0.5) is 0 Å². The minimum Gasteiger partial charge on any atom is -0.298 e. The lowest BCUT2D eigenvalue weighted by molar-refractivity contribution is 0.0752. The van der Waals surface area contributed by atoms with Crippen LogP contribution in [0.5, 0.6) is 0 Å². The molecule has 96 valence electrons. The zero-order chi connectivity index (χ0) is 13.3. The van der Waals surface area contributed by atoms with E-state index in [1.54, 1.807) is 18.2 Å². The molecule has 0 amide bonds. The number of fused-ring (bicyclic) bond motifs is 1. The minimum atomic E-state index is -1.05. The van der Waals surface area contributed by atoms with Gasteiger partial charge in [0.2, 0.25) is 0 Å². The summed E-state index contributed by atoms with van der Waals surface area (Å²) in [5.41, 5.74) is -0.00449. The molecule has 4 heteroatoms. The fourth-order valence-electron chi connectivity index (χ4n) is 2.44. The maximum absolute atomic E-state index is 12.6. The summed E-state index contributed by atoms with van der Waals surface area (Å²) < 4.78 is 0.701. The second kappa shape index (κ2) is 4.94. The Morgan fingerprint density at radius 3 is 2.50 bits per heavy atom. The largest absolute Gasteiger partial charge is 0.298 e. The average molecular weight is 310 g/mol. The van der Waals surface area contributed by atoms with Crippen molar-refractivity contribution in [3.05, 3.63) is 33.8 Å². The quantitative estimate of drug-likeness (QED) is 0.870. The van der Waals surface area contributed by atoms with Crippen LogP contribution in [0.25, 0.3) is 0 Å². The molecule has 1 aliphatic rings. The molecule has 18 heavy (non-hydrogen) atoms. The molecule has 1 atom stereocenters. The third kappa shape index (κ3) is 1.75. The van der Waals surface area contributed by atoms with E-state index in [0.717, 1.165) is 6.42 Å². The van der Waals surface area contributed by atoms with Gasteiger partial charge in [-0.05, 0) is 25.5 Å². The second-order valence-corrected chi connectivity index (χ2v) is 5.36. The molecule has 1 aromatic carbocycles. The Labute approximate surface area is 115 Å². The molecular formula is C14H16BrNO2. The molecule has 1 aromatic rings. The first-order valence-corrected chi connectivity index (χ1v) is 7.01. The summed E-state index contributed by atoms with van der Waals surface area (Å²) in [6.45, 7) is 4.55. The van der Waals surface area contributed by atoms with Crippen LogP contribution >= 0.6 is 15.9 Å². The summed E-state index contributed by atoms with van der Waals surface area (Å²) in [6, 6.07) is 5.32. The van der Waals surface area contributed by atoms with Crippen LogP contribution in [-0.4, -0.2) is 23.7 Å². The zero-order valence-electron chi connectivity index (χ0n) is 10.5. The van der Waals surface area contributed by atoms with E-state index in [0.29, 0.717) is 28.6 Å². The minimum absolute atomic E-state index is 0.0975. The number of nitrogens with one attached hydrogen (secondary N) is 1. The van der Waals surface area contributed by atoms with Gasteiger partial charge < -0.3 is 0 Å². The van der Waals surface area contributed by atoms with E-state index < -0.39 is 5.54 Å². The highest BCUT2D eigenvalue weighted by Gasteiger charge is 2.51. The Morgan fingerprint density at radius 2 is 1.94 bits per heavy atom. The zero-order valence-corrected chi connectivity index (χ0v) is 12.1. The van der Waals surface area contributed by atoms with Crippen molar-refractivity contribution in [2.75, 3.05) is 6.54 Å².